The standard InChI is InChI=1S/C16H23NO3/c1-12(16(18)19)17-9-7-14(8-10-17)11-13-3-5-15(20-2)6-4-13/h3-6,12,14H,7-11H2,1-2H3,(H,18,19)/t12-/m1/s1. The number of piperidine rings is 1. The molecule has 0 aromatic heterocycles. The van der Waals surface area contributed by atoms with Crippen molar-refractivity contribution in [1.29, 1.82) is 0 Å². The fourth-order valence-corrected chi connectivity index (χ4v) is 2.80. The number of carbonyl (C=O) groups is 1. The minimum Gasteiger partial charge on any atom is -0.497 e. The van der Waals surface area contributed by atoms with Crippen LogP contribution in [0.1, 0.15) is 25.3 Å². The van der Waals surface area contributed by atoms with E-state index in [1.54, 1.807) is 14.0 Å². The van der Waals surface area contributed by atoms with Crippen molar-refractivity contribution in [3.05, 3.63) is 29.8 Å². The minimum atomic E-state index is -0.724. The van der Waals surface area contributed by atoms with E-state index in [9.17, 15) is 4.79 Å². The molecule has 0 amide bonds. The Balaban J connectivity index is 1.83. The third kappa shape index (κ3) is 3.73. The third-order valence-corrected chi connectivity index (χ3v) is 4.24. The Kier molecular flexibility index (Phi) is 5.01. The summed E-state index contributed by atoms with van der Waals surface area (Å²) < 4.78 is 5.16. The van der Waals surface area contributed by atoms with Crippen molar-refractivity contribution in [1.82, 2.24) is 4.90 Å². The molecule has 2 rings (SSSR count). The Morgan fingerprint density at radius 2 is 1.95 bits per heavy atom. The molecule has 0 aliphatic carbocycles. The maximum Gasteiger partial charge on any atom is 0.320 e. The second kappa shape index (κ2) is 6.75. The first-order valence-corrected chi connectivity index (χ1v) is 7.20. The second-order valence-corrected chi connectivity index (χ2v) is 5.55. The number of aliphatic carboxylic acids is 1. The first-order valence-electron chi connectivity index (χ1n) is 7.20. The lowest BCUT2D eigenvalue weighted by Crippen LogP contribution is -2.44. The van der Waals surface area contributed by atoms with Crippen molar-refractivity contribution in [2.45, 2.75) is 32.2 Å². The minimum absolute atomic E-state index is 0.364. The van der Waals surface area contributed by atoms with E-state index in [0.717, 1.165) is 38.1 Å². The monoisotopic (exact) mass is 277 g/mol. The summed E-state index contributed by atoms with van der Waals surface area (Å²) in [5.41, 5.74) is 1.33. The number of rotatable bonds is 5. The zero-order chi connectivity index (χ0) is 14.5. The summed E-state index contributed by atoms with van der Waals surface area (Å²) in [6.07, 6.45) is 3.21. The van der Waals surface area contributed by atoms with Crippen LogP contribution in [-0.2, 0) is 11.2 Å². The fraction of sp³-hybridized carbons (Fsp3) is 0.562. The van der Waals surface area contributed by atoms with Gasteiger partial charge in [0.15, 0.2) is 0 Å². The van der Waals surface area contributed by atoms with E-state index in [1.807, 2.05) is 12.1 Å². The van der Waals surface area contributed by atoms with E-state index >= 15 is 0 Å². The van der Waals surface area contributed by atoms with Gasteiger partial charge in [-0.15, -0.1) is 0 Å². The van der Waals surface area contributed by atoms with Crippen LogP contribution in [0.5, 0.6) is 5.75 Å². The summed E-state index contributed by atoms with van der Waals surface area (Å²) in [7, 11) is 1.67. The van der Waals surface area contributed by atoms with Gasteiger partial charge in [0.25, 0.3) is 0 Å². The molecule has 110 valence electrons. The number of carboxylic acids is 1. The van der Waals surface area contributed by atoms with Crippen molar-refractivity contribution >= 4 is 5.97 Å². The molecule has 0 radical (unpaired) electrons. The molecule has 20 heavy (non-hydrogen) atoms. The van der Waals surface area contributed by atoms with E-state index in [2.05, 4.69) is 17.0 Å². The zero-order valence-electron chi connectivity index (χ0n) is 12.2. The summed E-state index contributed by atoms with van der Waals surface area (Å²) in [5.74, 6) is 0.818. The van der Waals surface area contributed by atoms with Crippen molar-refractivity contribution in [3.8, 4) is 5.75 Å². The average molecular weight is 277 g/mol. The molecule has 1 saturated heterocycles. The molecule has 1 aliphatic heterocycles. The van der Waals surface area contributed by atoms with Crippen LogP contribution in [0.3, 0.4) is 0 Å². The van der Waals surface area contributed by atoms with E-state index in [4.69, 9.17) is 9.84 Å². The molecule has 1 atom stereocenters. The van der Waals surface area contributed by atoms with Crippen LogP contribution in [0.25, 0.3) is 0 Å². The van der Waals surface area contributed by atoms with Gasteiger partial charge in [0, 0.05) is 0 Å². The molecule has 1 aromatic carbocycles. The molecule has 1 heterocycles. The molecule has 1 aliphatic rings. The topological polar surface area (TPSA) is 49.8 Å². The molecule has 1 N–H and O–H groups in total. The van der Waals surface area contributed by atoms with Crippen molar-refractivity contribution in [3.63, 3.8) is 0 Å². The highest BCUT2D eigenvalue weighted by Crippen LogP contribution is 2.23. The van der Waals surface area contributed by atoms with Gasteiger partial charge in [-0.2, -0.15) is 0 Å². The summed E-state index contributed by atoms with van der Waals surface area (Å²) >= 11 is 0. The van der Waals surface area contributed by atoms with Gasteiger partial charge in [0.2, 0.25) is 0 Å². The Bertz CT molecular complexity index is 436. The number of nitrogens with zero attached hydrogens (tertiary/aromatic N) is 1. The molecule has 1 fully saturated rings. The van der Waals surface area contributed by atoms with Crippen LogP contribution < -0.4 is 4.74 Å². The van der Waals surface area contributed by atoms with Crippen LogP contribution in [-0.4, -0.2) is 42.2 Å². The first-order chi connectivity index (χ1) is 9.60. The fourth-order valence-electron chi connectivity index (χ4n) is 2.80. The highest BCUT2D eigenvalue weighted by Gasteiger charge is 2.26. The highest BCUT2D eigenvalue weighted by atomic mass is 16.5. The maximum atomic E-state index is 11.0. The number of hydrogen-bond acceptors (Lipinski definition) is 3. The van der Waals surface area contributed by atoms with Crippen molar-refractivity contribution < 1.29 is 14.6 Å². The smallest absolute Gasteiger partial charge is 0.320 e. The van der Waals surface area contributed by atoms with Crippen LogP contribution in [0.2, 0.25) is 0 Å². The number of hydrogen-bond donors (Lipinski definition) is 1. The predicted octanol–water partition coefficient (Wildman–Crippen LogP) is 2.42. The van der Waals surface area contributed by atoms with Gasteiger partial charge in [-0.25, -0.2) is 0 Å². The van der Waals surface area contributed by atoms with Gasteiger partial charge in [-0.1, -0.05) is 12.1 Å². The number of likely N-dealkylation sites (tertiary alicyclic amines) is 1. The first kappa shape index (κ1) is 14.9. The average Bonchev–Trinajstić information content (AvgIpc) is 2.48. The number of ether oxygens (including phenoxy) is 1. The predicted molar refractivity (Wildman–Crippen MR) is 78.1 cm³/mol. The van der Waals surface area contributed by atoms with Gasteiger partial charge in [0.05, 0.1) is 7.11 Å². The Hall–Kier alpha value is -1.55. The van der Waals surface area contributed by atoms with Crippen LogP contribution in [0.15, 0.2) is 24.3 Å². The van der Waals surface area contributed by atoms with Gasteiger partial charge < -0.3 is 9.84 Å². The van der Waals surface area contributed by atoms with Gasteiger partial charge in [-0.05, 0) is 62.9 Å². The van der Waals surface area contributed by atoms with Crippen LogP contribution in [0, 0.1) is 5.92 Å². The van der Waals surface area contributed by atoms with Gasteiger partial charge in [-0.3, -0.25) is 9.69 Å². The Labute approximate surface area is 120 Å². The number of benzene rings is 1. The van der Waals surface area contributed by atoms with E-state index in [0.29, 0.717) is 5.92 Å². The van der Waals surface area contributed by atoms with Gasteiger partial charge in [0.1, 0.15) is 11.8 Å². The molecular weight excluding hydrogens is 254 g/mol. The molecule has 1 aromatic rings. The van der Waals surface area contributed by atoms with Crippen molar-refractivity contribution in [2.75, 3.05) is 20.2 Å². The second-order valence-electron chi connectivity index (χ2n) is 5.55. The van der Waals surface area contributed by atoms with Gasteiger partial charge >= 0.3 is 5.97 Å². The molecule has 0 unspecified atom stereocenters. The Morgan fingerprint density at radius 3 is 2.45 bits per heavy atom. The maximum absolute atomic E-state index is 11.0. The zero-order valence-corrected chi connectivity index (χ0v) is 12.2. The summed E-state index contributed by atoms with van der Waals surface area (Å²) in [5, 5.41) is 9.03. The molecule has 0 saturated carbocycles. The molecule has 0 spiro atoms. The Morgan fingerprint density at radius 1 is 1.35 bits per heavy atom. The third-order valence-electron chi connectivity index (χ3n) is 4.24. The lowest BCUT2D eigenvalue weighted by atomic mass is 9.89. The molecule has 4 nitrogen and oxygen atoms in total. The number of carboxylic acid groups (broad SMARTS) is 1. The number of methoxy groups -OCH3 is 1. The van der Waals surface area contributed by atoms with Crippen LogP contribution in [0.4, 0.5) is 0 Å². The van der Waals surface area contributed by atoms with E-state index < -0.39 is 5.97 Å². The van der Waals surface area contributed by atoms with Crippen molar-refractivity contribution in [2.24, 2.45) is 5.92 Å². The summed E-state index contributed by atoms with van der Waals surface area (Å²) in [6, 6.07) is 7.86. The van der Waals surface area contributed by atoms with E-state index in [1.165, 1.54) is 5.56 Å². The SMILES string of the molecule is COc1ccc(CC2CCN([C@H](C)C(=O)O)CC2)cc1. The van der Waals surface area contributed by atoms with Crippen LogP contribution >= 0.6 is 0 Å². The molecule has 0 bridgehead atoms. The normalized spacial score (nSPS) is 18.7. The quantitative estimate of drug-likeness (QED) is 0.898. The van der Waals surface area contributed by atoms with E-state index in [-0.39, 0.29) is 6.04 Å². The summed E-state index contributed by atoms with van der Waals surface area (Å²) in [4.78, 5) is 13.0. The largest absolute Gasteiger partial charge is 0.497 e. The molecule has 4 heteroatoms. The summed E-state index contributed by atoms with van der Waals surface area (Å²) in [6.45, 7) is 3.54. The lowest BCUT2D eigenvalue weighted by Gasteiger charge is -2.34. The highest BCUT2D eigenvalue weighted by molar-refractivity contribution is 5.72. The molecular formula is C16H23NO3. The lowest BCUT2D eigenvalue weighted by molar-refractivity contribution is -0.143.